The maximum Gasteiger partial charge on any atom is 0.256 e. The molecular weight excluding hydrogens is 216 g/mol. The van der Waals surface area contributed by atoms with E-state index in [1.54, 1.807) is 11.1 Å². The van der Waals surface area contributed by atoms with Gasteiger partial charge in [0.05, 0.1) is 11.4 Å². The molecule has 0 aromatic carbocycles. The molecule has 0 aliphatic carbocycles. The number of anilines is 1. The number of rotatable bonds is 3. The summed E-state index contributed by atoms with van der Waals surface area (Å²) in [4.78, 5) is 18.3. The molecule has 1 saturated heterocycles. The van der Waals surface area contributed by atoms with E-state index < -0.39 is 0 Å². The molecule has 17 heavy (non-hydrogen) atoms. The third-order valence-corrected chi connectivity index (χ3v) is 3.06. The molecule has 1 aliphatic heterocycles. The Morgan fingerprint density at radius 3 is 3.06 bits per heavy atom. The number of amides is 1. The summed E-state index contributed by atoms with van der Waals surface area (Å²) in [5.41, 5.74) is 1.76. The quantitative estimate of drug-likeness (QED) is 0.802. The van der Waals surface area contributed by atoms with Crippen LogP contribution in [0.4, 0.5) is 5.69 Å². The van der Waals surface area contributed by atoms with Crippen LogP contribution in [-0.2, 0) is 9.53 Å². The Morgan fingerprint density at radius 2 is 2.47 bits per heavy atom. The number of pyridine rings is 1. The predicted octanol–water partition coefficient (Wildman–Crippen LogP) is 1.92. The molecular formula is C13H18N2O2. The highest BCUT2D eigenvalue weighted by Gasteiger charge is 2.28. The number of carbonyl (C=O) groups excluding carboxylic acids is 1. The van der Waals surface area contributed by atoms with E-state index in [-0.39, 0.29) is 12.0 Å². The van der Waals surface area contributed by atoms with Crippen molar-refractivity contribution < 1.29 is 9.53 Å². The SMILES string of the molecule is CCN(C(=O)C1CCCO1)c1cccnc1C. The number of likely N-dealkylation sites (N-methyl/N-ethyl adjacent to an activating group) is 1. The minimum atomic E-state index is -0.269. The van der Waals surface area contributed by atoms with Crippen LogP contribution in [0, 0.1) is 6.92 Å². The van der Waals surface area contributed by atoms with Crippen molar-refractivity contribution in [1.29, 1.82) is 0 Å². The van der Waals surface area contributed by atoms with Gasteiger partial charge in [0.25, 0.3) is 5.91 Å². The fourth-order valence-electron chi connectivity index (χ4n) is 2.15. The largest absolute Gasteiger partial charge is 0.368 e. The van der Waals surface area contributed by atoms with Crippen molar-refractivity contribution in [3.05, 3.63) is 24.0 Å². The molecule has 0 spiro atoms. The second-order valence-corrected chi connectivity index (χ2v) is 4.19. The van der Waals surface area contributed by atoms with Crippen molar-refractivity contribution in [2.24, 2.45) is 0 Å². The smallest absolute Gasteiger partial charge is 0.256 e. The Labute approximate surface area is 102 Å². The van der Waals surface area contributed by atoms with Gasteiger partial charge < -0.3 is 9.64 Å². The highest BCUT2D eigenvalue weighted by molar-refractivity contribution is 5.97. The minimum absolute atomic E-state index is 0.0566. The summed E-state index contributed by atoms with van der Waals surface area (Å²) in [5.74, 6) is 0.0566. The molecule has 1 unspecified atom stereocenters. The van der Waals surface area contributed by atoms with Gasteiger partial charge in [-0.3, -0.25) is 9.78 Å². The van der Waals surface area contributed by atoms with Crippen molar-refractivity contribution in [3.8, 4) is 0 Å². The van der Waals surface area contributed by atoms with Gasteiger partial charge in [-0.15, -0.1) is 0 Å². The lowest BCUT2D eigenvalue weighted by molar-refractivity contribution is -0.127. The second kappa shape index (κ2) is 5.27. The summed E-state index contributed by atoms with van der Waals surface area (Å²) < 4.78 is 5.45. The summed E-state index contributed by atoms with van der Waals surface area (Å²) >= 11 is 0. The van der Waals surface area contributed by atoms with Crippen LogP contribution in [0.2, 0.25) is 0 Å². The zero-order valence-electron chi connectivity index (χ0n) is 10.3. The summed E-state index contributed by atoms with van der Waals surface area (Å²) in [6, 6.07) is 3.78. The normalized spacial score (nSPS) is 19.3. The molecule has 0 bridgehead atoms. The highest BCUT2D eigenvalue weighted by atomic mass is 16.5. The topological polar surface area (TPSA) is 42.4 Å². The standard InChI is InChI=1S/C13H18N2O2/c1-3-15(11-6-4-8-14-10(11)2)13(16)12-7-5-9-17-12/h4,6,8,12H,3,5,7,9H2,1-2H3. The summed E-state index contributed by atoms with van der Waals surface area (Å²) in [6.07, 6.45) is 3.27. The van der Waals surface area contributed by atoms with Gasteiger partial charge in [0, 0.05) is 19.3 Å². The predicted molar refractivity (Wildman–Crippen MR) is 66.0 cm³/mol. The first kappa shape index (κ1) is 12.0. The second-order valence-electron chi connectivity index (χ2n) is 4.19. The number of ether oxygens (including phenoxy) is 1. The van der Waals surface area contributed by atoms with Crippen molar-refractivity contribution in [2.75, 3.05) is 18.1 Å². The van der Waals surface area contributed by atoms with Crippen LogP contribution in [0.25, 0.3) is 0 Å². The molecule has 0 N–H and O–H groups in total. The van der Waals surface area contributed by atoms with E-state index in [1.807, 2.05) is 26.0 Å². The average molecular weight is 234 g/mol. The van der Waals surface area contributed by atoms with Crippen molar-refractivity contribution in [3.63, 3.8) is 0 Å². The van der Waals surface area contributed by atoms with Crippen LogP contribution >= 0.6 is 0 Å². The Kier molecular flexibility index (Phi) is 3.74. The van der Waals surface area contributed by atoms with Crippen LogP contribution in [0.3, 0.4) is 0 Å². The first-order chi connectivity index (χ1) is 8.24. The molecule has 92 valence electrons. The maximum atomic E-state index is 12.3. The number of hydrogen-bond acceptors (Lipinski definition) is 3. The van der Waals surface area contributed by atoms with Gasteiger partial charge in [0.2, 0.25) is 0 Å². The molecule has 1 aromatic rings. The van der Waals surface area contributed by atoms with Gasteiger partial charge in [0.15, 0.2) is 0 Å². The van der Waals surface area contributed by atoms with E-state index in [0.717, 1.165) is 24.2 Å². The van der Waals surface area contributed by atoms with Crippen molar-refractivity contribution in [1.82, 2.24) is 4.98 Å². The zero-order chi connectivity index (χ0) is 12.3. The number of aryl methyl sites for hydroxylation is 1. The molecule has 1 fully saturated rings. The first-order valence-electron chi connectivity index (χ1n) is 6.08. The maximum absolute atomic E-state index is 12.3. The van der Waals surface area contributed by atoms with Crippen LogP contribution in [0.5, 0.6) is 0 Å². The van der Waals surface area contributed by atoms with Gasteiger partial charge in [-0.1, -0.05) is 0 Å². The van der Waals surface area contributed by atoms with Gasteiger partial charge in [-0.2, -0.15) is 0 Å². The van der Waals surface area contributed by atoms with E-state index >= 15 is 0 Å². The van der Waals surface area contributed by atoms with Crippen LogP contribution in [-0.4, -0.2) is 30.1 Å². The molecule has 1 aromatic heterocycles. The molecule has 0 saturated carbocycles. The molecule has 4 heteroatoms. The highest BCUT2D eigenvalue weighted by Crippen LogP contribution is 2.22. The fraction of sp³-hybridized carbons (Fsp3) is 0.538. The first-order valence-corrected chi connectivity index (χ1v) is 6.08. The lowest BCUT2D eigenvalue weighted by Gasteiger charge is -2.24. The third kappa shape index (κ3) is 2.47. The Balaban J connectivity index is 2.21. The zero-order valence-corrected chi connectivity index (χ0v) is 10.3. The molecule has 1 atom stereocenters. The minimum Gasteiger partial charge on any atom is -0.368 e. The fourth-order valence-corrected chi connectivity index (χ4v) is 2.15. The monoisotopic (exact) mass is 234 g/mol. The van der Waals surface area contributed by atoms with Gasteiger partial charge in [-0.25, -0.2) is 0 Å². The lowest BCUT2D eigenvalue weighted by Crippen LogP contribution is -2.39. The molecule has 2 rings (SSSR count). The van der Waals surface area contributed by atoms with E-state index in [1.165, 1.54) is 0 Å². The van der Waals surface area contributed by atoms with Crippen molar-refractivity contribution >= 4 is 11.6 Å². The summed E-state index contributed by atoms with van der Waals surface area (Å²) in [6.45, 7) is 5.23. The van der Waals surface area contributed by atoms with E-state index in [0.29, 0.717) is 13.2 Å². The molecule has 0 radical (unpaired) electrons. The van der Waals surface area contributed by atoms with Crippen LogP contribution in [0.1, 0.15) is 25.5 Å². The van der Waals surface area contributed by atoms with Gasteiger partial charge in [0.1, 0.15) is 6.10 Å². The Morgan fingerprint density at radius 1 is 1.65 bits per heavy atom. The molecule has 2 heterocycles. The Hall–Kier alpha value is -1.42. The summed E-state index contributed by atoms with van der Waals surface area (Å²) in [7, 11) is 0. The molecule has 4 nitrogen and oxygen atoms in total. The average Bonchev–Trinajstić information content (AvgIpc) is 2.86. The molecule has 1 aliphatic rings. The number of carbonyl (C=O) groups is 1. The lowest BCUT2D eigenvalue weighted by atomic mass is 10.2. The third-order valence-electron chi connectivity index (χ3n) is 3.06. The Bertz CT molecular complexity index is 400. The van der Waals surface area contributed by atoms with E-state index in [4.69, 9.17) is 4.74 Å². The van der Waals surface area contributed by atoms with Gasteiger partial charge >= 0.3 is 0 Å². The number of nitrogens with zero attached hydrogens (tertiary/aromatic N) is 2. The number of aromatic nitrogens is 1. The van der Waals surface area contributed by atoms with Gasteiger partial charge in [-0.05, 0) is 38.8 Å². The van der Waals surface area contributed by atoms with Crippen molar-refractivity contribution in [2.45, 2.75) is 32.8 Å². The number of hydrogen-bond donors (Lipinski definition) is 0. The van der Waals surface area contributed by atoms with Crippen LogP contribution < -0.4 is 4.90 Å². The van der Waals surface area contributed by atoms with E-state index in [2.05, 4.69) is 4.98 Å². The van der Waals surface area contributed by atoms with E-state index in [9.17, 15) is 4.79 Å². The summed E-state index contributed by atoms with van der Waals surface area (Å²) in [5, 5.41) is 0. The van der Waals surface area contributed by atoms with Crippen LogP contribution in [0.15, 0.2) is 18.3 Å². The molecule has 1 amide bonds.